The molecule has 0 spiro atoms. The van der Waals surface area contributed by atoms with Crippen LogP contribution in [-0.2, 0) is 9.53 Å². The van der Waals surface area contributed by atoms with Crippen LogP contribution in [0.1, 0.15) is 0 Å². The molecule has 0 aliphatic carbocycles. The minimum absolute atomic E-state index is 0.109. The number of carbonyl (C=O) groups is 1. The van der Waals surface area contributed by atoms with Crippen LogP contribution in [0.15, 0.2) is 24.3 Å². The summed E-state index contributed by atoms with van der Waals surface area (Å²) >= 11 is 0. The van der Waals surface area contributed by atoms with Gasteiger partial charge in [0, 0.05) is 17.9 Å². The number of halogens is 2. The molecule has 0 unspecified atom stereocenters. The summed E-state index contributed by atoms with van der Waals surface area (Å²) in [6.45, 7) is -0.0819. The molecule has 1 aliphatic rings. The summed E-state index contributed by atoms with van der Waals surface area (Å²) in [4.78, 5) is 12.3. The maximum absolute atomic E-state index is 13.0. The summed E-state index contributed by atoms with van der Waals surface area (Å²) in [6, 6.07) is 6.15. The van der Waals surface area contributed by atoms with Gasteiger partial charge in [-0.3, -0.25) is 4.79 Å². The molecular weight excluding hydrogens is 218 g/mol. The Balaban J connectivity index is 2.27. The molecule has 0 aromatic heterocycles. The fourth-order valence-corrected chi connectivity index (χ4v) is 1.49. The van der Waals surface area contributed by atoms with Crippen LogP contribution in [0.25, 0.3) is 0 Å². The maximum atomic E-state index is 13.0. The van der Waals surface area contributed by atoms with Crippen molar-refractivity contribution in [1.29, 1.82) is 0 Å². The van der Waals surface area contributed by atoms with Crippen molar-refractivity contribution in [2.45, 2.75) is 6.11 Å². The number of rotatable bonds is 1. The van der Waals surface area contributed by atoms with Gasteiger partial charge in [-0.25, -0.2) is 0 Å². The Labute approximate surface area is 90.6 Å². The van der Waals surface area contributed by atoms with Crippen LogP contribution in [0.5, 0.6) is 0 Å². The number of morpholine rings is 1. The van der Waals surface area contributed by atoms with E-state index in [1.165, 1.54) is 12.1 Å². The summed E-state index contributed by atoms with van der Waals surface area (Å²) in [7, 11) is 0. The average molecular weight is 228 g/mol. The van der Waals surface area contributed by atoms with Gasteiger partial charge in [0.2, 0.25) is 0 Å². The molecule has 1 saturated heterocycles. The first-order valence-corrected chi connectivity index (χ1v) is 4.70. The second kappa shape index (κ2) is 3.71. The lowest BCUT2D eigenvalue weighted by atomic mass is 10.2. The standard InChI is InChI=1S/C10H10F2N2O2/c11-10(12)9(15)14(5-6-16-10)8-3-1-7(13)2-4-8/h1-4H,5-6,13H2. The highest BCUT2D eigenvalue weighted by Crippen LogP contribution is 2.27. The van der Waals surface area contributed by atoms with Crippen molar-refractivity contribution in [3.8, 4) is 0 Å². The Kier molecular flexibility index (Phi) is 2.51. The molecule has 1 fully saturated rings. The van der Waals surface area contributed by atoms with Crippen molar-refractivity contribution < 1.29 is 18.3 Å². The zero-order valence-corrected chi connectivity index (χ0v) is 8.32. The number of alkyl halides is 2. The van der Waals surface area contributed by atoms with E-state index in [9.17, 15) is 13.6 Å². The summed E-state index contributed by atoms with van der Waals surface area (Å²) in [5, 5.41) is 0. The number of nitrogens with two attached hydrogens (primary N) is 1. The quantitative estimate of drug-likeness (QED) is 0.735. The van der Waals surface area contributed by atoms with Gasteiger partial charge in [0.1, 0.15) is 0 Å². The number of ether oxygens (including phenoxy) is 1. The Bertz CT molecular complexity index is 406. The number of nitrogen functional groups attached to an aromatic ring is 1. The highest BCUT2D eigenvalue weighted by Gasteiger charge is 2.47. The van der Waals surface area contributed by atoms with Crippen LogP contribution in [0.2, 0.25) is 0 Å². The van der Waals surface area contributed by atoms with Crippen LogP contribution in [0.3, 0.4) is 0 Å². The van der Waals surface area contributed by atoms with E-state index in [4.69, 9.17) is 5.73 Å². The van der Waals surface area contributed by atoms with Crippen molar-refractivity contribution in [3.05, 3.63) is 24.3 Å². The Morgan fingerprint density at radius 2 is 1.94 bits per heavy atom. The molecule has 1 aromatic rings. The minimum Gasteiger partial charge on any atom is -0.399 e. The number of hydrogen-bond donors (Lipinski definition) is 1. The van der Waals surface area contributed by atoms with E-state index in [0.717, 1.165) is 4.90 Å². The van der Waals surface area contributed by atoms with E-state index < -0.39 is 12.0 Å². The van der Waals surface area contributed by atoms with Crippen molar-refractivity contribution in [3.63, 3.8) is 0 Å². The molecule has 0 atom stereocenters. The fourth-order valence-electron chi connectivity index (χ4n) is 1.49. The highest BCUT2D eigenvalue weighted by molar-refractivity contribution is 5.98. The highest BCUT2D eigenvalue weighted by atomic mass is 19.3. The first-order valence-electron chi connectivity index (χ1n) is 4.70. The normalized spacial score (nSPS) is 19.9. The SMILES string of the molecule is Nc1ccc(N2CCOC(F)(F)C2=O)cc1. The third-order valence-electron chi connectivity index (χ3n) is 2.30. The van der Waals surface area contributed by atoms with Gasteiger partial charge in [-0.15, -0.1) is 0 Å². The maximum Gasteiger partial charge on any atom is 0.437 e. The molecule has 86 valence electrons. The lowest BCUT2D eigenvalue weighted by Gasteiger charge is -2.31. The van der Waals surface area contributed by atoms with Gasteiger partial charge in [0.25, 0.3) is 0 Å². The lowest BCUT2D eigenvalue weighted by Crippen LogP contribution is -2.52. The zero-order valence-electron chi connectivity index (χ0n) is 8.32. The monoisotopic (exact) mass is 228 g/mol. The number of benzene rings is 1. The molecule has 0 bridgehead atoms. The molecular formula is C10H10F2N2O2. The topological polar surface area (TPSA) is 55.6 Å². The molecule has 4 nitrogen and oxygen atoms in total. The predicted molar refractivity (Wildman–Crippen MR) is 54.1 cm³/mol. The van der Waals surface area contributed by atoms with Gasteiger partial charge in [-0.2, -0.15) is 8.78 Å². The summed E-state index contributed by atoms with van der Waals surface area (Å²) in [5.41, 5.74) is 6.37. The number of carbonyl (C=O) groups excluding carboxylic acids is 1. The second-order valence-electron chi connectivity index (χ2n) is 3.41. The molecule has 1 amide bonds. The summed E-state index contributed by atoms with van der Waals surface area (Å²) in [6.07, 6.45) is -3.74. The molecule has 2 rings (SSSR count). The van der Waals surface area contributed by atoms with Crippen molar-refractivity contribution >= 4 is 17.3 Å². The Hall–Kier alpha value is -1.69. The minimum atomic E-state index is -3.74. The average Bonchev–Trinajstić information content (AvgIpc) is 2.24. The first-order chi connectivity index (χ1) is 7.50. The fraction of sp³-hybridized carbons (Fsp3) is 0.300. The number of hydrogen-bond acceptors (Lipinski definition) is 3. The third-order valence-corrected chi connectivity index (χ3v) is 2.30. The van der Waals surface area contributed by atoms with E-state index >= 15 is 0 Å². The van der Waals surface area contributed by atoms with Gasteiger partial charge in [0.05, 0.1) is 6.61 Å². The molecule has 2 N–H and O–H groups in total. The first kappa shape index (κ1) is 10.8. The van der Waals surface area contributed by atoms with E-state index in [1.807, 2.05) is 0 Å². The van der Waals surface area contributed by atoms with Crippen LogP contribution in [0, 0.1) is 0 Å². The summed E-state index contributed by atoms with van der Waals surface area (Å²) < 4.78 is 30.1. The zero-order chi connectivity index (χ0) is 11.8. The molecule has 6 heteroatoms. The van der Waals surface area contributed by atoms with E-state index in [-0.39, 0.29) is 13.2 Å². The number of nitrogens with zero attached hydrogens (tertiary/aromatic N) is 1. The van der Waals surface area contributed by atoms with Crippen molar-refractivity contribution in [1.82, 2.24) is 0 Å². The van der Waals surface area contributed by atoms with Crippen LogP contribution in [-0.4, -0.2) is 25.2 Å². The Morgan fingerprint density at radius 3 is 2.56 bits per heavy atom. The van der Waals surface area contributed by atoms with Crippen LogP contribution < -0.4 is 10.6 Å². The summed E-state index contributed by atoms with van der Waals surface area (Å²) in [5.74, 6) is -1.34. The van der Waals surface area contributed by atoms with Gasteiger partial charge < -0.3 is 15.4 Å². The molecule has 1 heterocycles. The smallest absolute Gasteiger partial charge is 0.399 e. The van der Waals surface area contributed by atoms with Crippen LogP contribution in [0.4, 0.5) is 20.2 Å². The van der Waals surface area contributed by atoms with Crippen molar-refractivity contribution in [2.24, 2.45) is 0 Å². The lowest BCUT2D eigenvalue weighted by molar-refractivity contribution is -0.235. The van der Waals surface area contributed by atoms with Gasteiger partial charge in [-0.1, -0.05) is 0 Å². The van der Waals surface area contributed by atoms with E-state index in [1.54, 1.807) is 12.1 Å². The Morgan fingerprint density at radius 1 is 1.31 bits per heavy atom. The number of anilines is 2. The second-order valence-corrected chi connectivity index (χ2v) is 3.41. The van der Waals surface area contributed by atoms with Gasteiger partial charge in [-0.05, 0) is 24.3 Å². The molecule has 16 heavy (non-hydrogen) atoms. The predicted octanol–water partition coefficient (Wildman–Crippen LogP) is 1.22. The molecule has 1 aromatic carbocycles. The molecule has 0 radical (unpaired) electrons. The number of amides is 1. The third kappa shape index (κ3) is 1.83. The van der Waals surface area contributed by atoms with Gasteiger partial charge in [0.15, 0.2) is 0 Å². The van der Waals surface area contributed by atoms with Crippen LogP contribution >= 0.6 is 0 Å². The molecule has 0 saturated carbocycles. The van der Waals surface area contributed by atoms with Crippen molar-refractivity contribution in [2.75, 3.05) is 23.8 Å². The molecule has 1 aliphatic heterocycles. The largest absolute Gasteiger partial charge is 0.437 e. The van der Waals surface area contributed by atoms with E-state index in [2.05, 4.69) is 4.74 Å². The van der Waals surface area contributed by atoms with E-state index in [0.29, 0.717) is 11.4 Å². The van der Waals surface area contributed by atoms with Gasteiger partial charge >= 0.3 is 12.0 Å².